The normalized spacial score (nSPS) is 12.1. The number of hydrogen-bond acceptors (Lipinski definition) is 9. The van der Waals surface area contributed by atoms with Crippen molar-refractivity contribution in [3.8, 4) is 0 Å². The molecule has 0 saturated carbocycles. The number of halogens is 1. The molecule has 0 atom stereocenters. The largest absolute Gasteiger partial charge is 0.463 e. The van der Waals surface area contributed by atoms with Crippen molar-refractivity contribution in [2.75, 3.05) is 45.5 Å². The van der Waals surface area contributed by atoms with Crippen molar-refractivity contribution < 1.29 is 27.1 Å². The number of hydrogen-bond donors (Lipinski definition) is 0. The predicted octanol–water partition coefficient (Wildman–Crippen LogP) is 4.62. The Kier molecular flexibility index (Phi) is 9.41. The van der Waals surface area contributed by atoms with Crippen molar-refractivity contribution in [2.24, 2.45) is 5.10 Å². The summed E-state index contributed by atoms with van der Waals surface area (Å²) in [6.07, 6.45) is 2.92. The molecule has 0 bridgehead atoms. The number of anilines is 1. The average Bonchev–Trinajstić information content (AvgIpc) is 3.58. The summed E-state index contributed by atoms with van der Waals surface area (Å²) in [5.41, 5.74) is 0.953. The van der Waals surface area contributed by atoms with Crippen LogP contribution in [-0.4, -0.2) is 70.4 Å². The number of rotatable bonds is 12. The molecular weight excluding hydrogens is 596 g/mol. The van der Waals surface area contributed by atoms with Crippen molar-refractivity contribution in [1.82, 2.24) is 9.29 Å². The van der Waals surface area contributed by atoms with Gasteiger partial charge in [0.1, 0.15) is 5.76 Å². The Morgan fingerprint density at radius 2 is 1.82 bits per heavy atom. The molecule has 4 aromatic rings. The van der Waals surface area contributed by atoms with Crippen LogP contribution in [0.3, 0.4) is 0 Å². The monoisotopic (exact) mass is 620 g/mol. The lowest BCUT2D eigenvalue weighted by Gasteiger charge is -2.21. The molecule has 10 nitrogen and oxygen atoms in total. The van der Waals surface area contributed by atoms with Crippen LogP contribution in [0.25, 0.3) is 10.2 Å². The SMILES string of the molecule is COCCN(CCOC)S(=O)(=O)c1ccc(C(=O)N(/N=C/c2ccco2)c2nc3ccc(Br)cc3s2)cc1. The van der Waals surface area contributed by atoms with Gasteiger partial charge in [0.25, 0.3) is 5.91 Å². The van der Waals surface area contributed by atoms with Crippen molar-refractivity contribution in [2.45, 2.75) is 4.90 Å². The van der Waals surface area contributed by atoms with Gasteiger partial charge in [0.05, 0.1) is 40.8 Å². The number of methoxy groups -OCH3 is 2. The predicted molar refractivity (Wildman–Crippen MR) is 149 cm³/mol. The quantitative estimate of drug-likeness (QED) is 0.168. The number of nitrogens with zero attached hydrogens (tertiary/aromatic N) is 4. The topological polar surface area (TPSA) is 115 Å². The Balaban J connectivity index is 1.64. The van der Waals surface area contributed by atoms with E-state index >= 15 is 0 Å². The smallest absolute Gasteiger partial charge is 0.280 e. The van der Waals surface area contributed by atoms with Crippen molar-refractivity contribution in [3.63, 3.8) is 0 Å². The summed E-state index contributed by atoms with van der Waals surface area (Å²) < 4.78 is 44.9. The molecule has 0 N–H and O–H groups in total. The number of carbonyl (C=O) groups excluding carboxylic acids is 1. The highest BCUT2D eigenvalue weighted by Gasteiger charge is 2.26. The molecular formula is C25H25BrN4O6S2. The maximum atomic E-state index is 13.6. The molecule has 0 aliphatic carbocycles. The number of furan rings is 1. The van der Waals surface area contributed by atoms with E-state index in [1.54, 1.807) is 12.1 Å². The van der Waals surface area contributed by atoms with Gasteiger partial charge in [-0.25, -0.2) is 13.4 Å². The third-order valence-electron chi connectivity index (χ3n) is 5.39. The van der Waals surface area contributed by atoms with E-state index in [0.717, 1.165) is 9.17 Å². The van der Waals surface area contributed by atoms with Gasteiger partial charge in [0.15, 0.2) is 0 Å². The van der Waals surface area contributed by atoms with Gasteiger partial charge >= 0.3 is 0 Å². The summed E-state index contributed by atoms with van der Waals surface area (Å²) in [5.74, 6) is -0.0224. The fourth-order valence-electron chi connectivity index (χ4n) is 3.42. The molecule has 0 aliphatic heterocycles. The van der Waals surface area contributed by atoms with E-state index in [2.05, 4.69) is 26.0 Å². The Bertz CT molecular complexity index is 1500. The van der Waals surface area contributed by atoms with Crippen LogP contribution in [0.5, 0.6) is 0 Å². The van der Waals surface area contributed by atoms with Crippen LogP contribution in [0.2, 0.25) is 0 Å². The second-order valence-corrected chi connectivity index (χ2v) is 11.8. The minimum absolute atomic E-state index is 0.0525. The molecule has 0 fully saturated rings. The van der Waals surface area contributed by atoms with Crippen molar-refractivity contribution in [3.05, 3.63) is 76.7 Å². The highest BCUT2D eigenvalue weighted by atomic mass is 79.9. The van der Waals surface area contributed by atoms with Gasteiger partial charge in [0, 0.05) is 37.3 Å². The second kappa shape index (κ2) is 12.7. The highest BCUT2D eigenvalue weighted by Crippen LogP contribution is 2.32. The number of thiazole rings is 1. The van der Waals surface area contributed by atoms with Crippen molar-refractivity contribution in [1.29, 1.82) is 0 Å². The van der Waals surface area contributed by atoms with E-state index < -0.39 is 15.9 Å². The fraction of sp³-hybridized carbons (Fsp3) is 0.240. The van der Waals surface area contributed by atoms with Gasteiger partial charge in [-0.1, -0.05) is 27.3 Å². The average molecular weight is 622 g/mol. The molecule has 1 amide bonds. The second-order valence-electron chi connectivity index (χ2n) is 7.90. The van der Waals surface area contributed by atoms with Gasteiger partial charge in [-0.3, -0.25) is 4.79 Å². The van der Waals surface area contributed by atoms with E-state index in [-0.39, 0.29) is 36.8 Å². The van der Waals surface area contributed by atoms with E-state index in [9.17, 15) is 13.2 Å². The first-order valence-electron chi connectivity index (χ1n) is 11.4. The first kappa shape index (κ1) is 28.1. The fourth-order valence-corrected chi connectivity index (χ4v) is 6.31. The van der Waals surface area contributed by atoms with Gasteiger partial charge in [0.2, 0.25) is 15.2 Å². The summed E-state index contributed by atoms with van der Waals surface area (Å²) >= 11 is 4.75. The summed E-state index contributed by atoms with van der Waals surface area (Å²) in [6, 6.07) is 14.8. The van der Waals surface area contributed by atoms with Crippen LogP contribution >= 0.6 is 27.3 Å². The first-order valence-corrected chi connectivity index (χ1v) is 14.4. The van der Waals surface area contributed by atoms with Crippen molar-refractivity contribution >= 4 is 64.8 Å². The first-order chi connectivity index (χ1) is 18.3. The Morgan fingerprint density at radius 3 is 2.45 bits per heavy atom. The summed E-state index contributed by atoms with van der Waals surface area (Å²) in [4.78, 5) is 18.2. The van der Waals surface area contributed by atoms with Crippen LogP contribution in [0.15, 0.2) is 79.7 Å². The van der Waals surface area contributed by atoms with Crippen LogP contribution in [0.1, 0.15) is 16.1 Å². The number of fused-ring (bicyclic) bond motifs is 1. The number of aromatic nitrogens is 1. The Labute approximate surface area is 232 Å². The van der Waals surface area contributed by atoms with Crippen LogP contribution in [-0.2, 0) is 19.5 Å². The summed E-state index contributed by atoms with van der Waals surface area (Å²) in [6.45, 7) is 0.819. The van der Waals surface area contributed by atoms with E-state index in [0.29, 0.717) is 16.4 Å². The Hall–Kier alpha value is -2.94. The lowest BCUT2D eigenvalue weighted by atomic mass is 10.2. The molecule has 2 heterocycles. The van der Waals surface area contributed by atoms with Gasteiger partial charge in [-0.15, -0.1) is 0 Å². The van der Waals surface area contributed by atoms with E-state index in [1.807, 2.05) is 18.2 Å². The van der Waals surface area contributed by atoms with Gasteiger partial charge < -0.3 is 13.9 Å². The highest BCUT2D eigenvalue weighted by molar-refractivity contribution is 9.10. The number of benzene rings is 2. The maximum Gasteiger partial charge on any atom is 0.280 e. The molecule has 2 aromatic heterocycles. The Morgan fingerprint density at radius 1 is 1.11 bits per heavy atom. The lowest BCUT2D eigenvalue weighted by molar-refractivity contribution is 0.0987. The zero-order chi connectivity index (χ0) is 27.1. The lowest BCUT2D eigenvalue weighted by Crippen LogP contribution is -2.36. The third kappa shape index (κ3) is 6.54. The summed E-state index contributed by atoms with van der Waals surface area (Å²) in [7, 11) is -0.818. The number of carbonyl (C=O) groups is 1. The number of amides is 1. The minimum atomic E-state index is -3.83. The minimum Gasteiger partial charge on any atom is -0.463 e. The van der Waals surface area contributed by atoms with Gasteiger partial charge in [-0.05, 0) is 54.6 Å². The van der Waals surface area contributed by atoms with Crippen LogP contribution < -0.4 is 5.01 Å². The van der Waals surface area contributed by atoms with Crippen LogP contribution in [0, 0.1) is 0 Å². The molecule has 38 heavy (non-hydrogen) atoms. The van der Waals surface area contributed by atoms with E-state index in [4.69, 9.17) is 13.9 Å². The standard InChI is InChI=1S/C25H25BrN4O6S2/c1-34-14-11-29(12-15-35-2)38(32,33)21-8-5-18(6-9-21)24(31)30(27-17-20-4-3-13-36-20)25-28-22-10-7-19(26)16-23(22)37-25/h3-10,13,16-17H,11-12,14-15H2,1-2H3/b27-17+. The van der Waals surface area contributed by atoms with E-state index in [1.165, 1.54) is 71.6 Å². The molecule has 0 aliphatic rings. The molecule has 0 saturated heterocycles. The maximum absolute atomic E-state index is 13.6. The van der Waals surface area contributed by atoms with Crippen LogP contribution in [0.4, 0.5) is 5.13 Å². The number of hydrazone groups is 1. The molecule has 0 spiro atoms. The summed E-state index contributed by atoms with van der Waals surface area (Å²) in [5, 5.41) is 5.87. The molecule has 0 radical (unpaired) electrons. The zero-order valence-electron chi connectivity index (χ0n) is 20.6. The van der Waals surface area contributed by atoms with Gasteiger partial charge in [-0.2, -0.15) is 14.4 Å². The zero-order valence-corrected chi connectivity index (χ0v) is 23.8. The third-order valence-corrected chi connectivity index (χ3v) is 8.78. The molecule has 0 unspecified atom stereocenters. The molecule has 200 valence electrons. The number of ether oxygens (including phenoxy) is 2. The molecule has 2 aromatic carbocycles. The molecule has 4 rings (SSSR count). The molecule has 13 heteroatoms. The number of sulfonamides is 1.